The Morgan fingerprint density at radius 3 is 2.15 bits per heavy atom. The average Bonchev–Trinajstić information content (AvgIpc) is 1.98. The van der Waals surface area contributed by atoms with Gasteiger partial charge in [-0.15, -0.1) is 0 Å². The van der Waals surface area contributed by atoms with Crippen LogP contribution in [0.2, 0.25) is 5.02 Å². The zero-order chi connectivity index (χ0) is 10.0. The summed E-state index contributed by atoms with van der Waals surface area (Å²) >= 11 is 6.00. The Labute approximate surface area is 83.7 Å². The highest BCUT2D eigenvalue weighted by molar-refractivity contribution is 6.32. The molecule has 1 aromatic rings. The highest BCUT2D eigenvalue weighted by atomic mass is 35.5. The van der Waals surface area contributed by atoms with Crippen molar-refractivity contribution < 1.29 is 4.79 Å². The van der Waals surface area contributed by atoms with E-state index >= 15 is 0 Å². The van der Waals surface area contributed by atoms with Crippen molar-refractivity contribution >= 4 is 17.4 Å². The first-order chi connectivity index (χ1) is 6.00. The van der Waals surface area contributed by atoms with Gasteiger partial charge in [-0.25, -0.2) is 0 Å². The van der Waals surface area contributed by atoms with Gasteiger partial charge in [0.15, 0.2) is 0 Å². The van der Waals surface area contributed by atoms with E-state index in [0.717, 1.165) is 21.7 Å². The molecule has 1 nitrogen and oxygen atoms in total. The van der Waals surface area contributed by atoms with E-state index in [-0.39, 0.29) is 5.78 Å². The van der Waals surface area contributed by atoms with E-state index in [0.29, 0.717) is 6.42 Å². The average molecular weight is 197 g/mol. The predicted molar refractivity (Wildman–Crippen MR) is 55.3 cm³/mol. The van der Waals surface area contributed by atoms with Gasteiger partial charge in [-0.1, -0.05) is 23.7 Å². The van der Waals surface area contributed by atoms with Crippen molar-refractivity contribution in [2.75, 3.05) is 0 Å². The van der Waals surface area contributed by atoms with Crippen molar-refractivity contribution in [1.82, 2.24) is 0 Å². The lowest BCUT2D eigenvalue weighted by Crippen LogP contribution is -1.97. The van der Waals surface area contributed by atoms with Gasteiger partial charge in [0, 0.05) is 11.4 Å². The van der Waals surface area contributed by atoms with Gasteiger partial charge >= 0.3 is 0 Å². The summed E-state index contributed by atoms with van der Waals surface area (Å²) in [6.45, 7) is 5.51. The molecule has 0 unspecified atom stereocenters. The van der Waals surface area contributed by atoms with E-state index in [1.807, 2.05) is 26.0 Å². The first kappa shape index (κ1) is 10.3. The van der Waals surface area contributed by atoms with Crippen LogP contribution in [0.4, 0.5) is 0 Å². The molecule has 0 saturated carbocycles. The molecule has 0 aliphatic carbocycles. The second-order valence-electron chi connectivity index (χ2n) is 3.42. The number of carbonyl (C=O) groups is 1. The van der Waals surface area contributed by atoms with E-state index in [4.69, 9.17) is 11.6 Å². The van der Waals surface area contributed by atoms with Crippen LogP contribution >= 0.6 is 11.6 Å². The molecule has 0 spiro atoms. The maximum atomic E-state index is 10.9. The molecular formula is C11H13ClO. The predicted octanol–water partition coefficient (Wildman–Crippen LogP) is 3.09. The van der Waals surface area contributed by atoms with Gasteiger partial charge in [-0.05, 0) is 37.5 Å². The number of Topliss-reactive ketones (excluding diaryl/α,β-unsaturated/α-hetero) is 1. The molecule has 2 heteroatoms. The van der Waals surface area contributed by atoms with Gasteiger partial charge in [0.05, 0.1) is 0 Å². The summed E-state index contributed by atoms with van der Waals surface area (Å²) in [5.41, 5.74) is 3.13. The van der Waals surface area contributed by atoms with Crippen LogP contribution in [0, 0.1) is 13.8 Å². The summed E-state index contributed by atoms with van der Waals surface area (Å²) in [5, 5.41) is 0.798. The van der Waals surface area contributed by atoms with Crippen molar-refractivity contribution in [2.45, 2.75) is 27.2 Å². The molecule has 0 amide bonds. The Kier molecular flexibility index (Phi) is 3.10. The summed E-state index contributed by atoms with van der Waals surface area (Å²) < 4.78 is 0. The SMILES string of the molecule is CC(=O)Cc1cc(C)c(Cl)c(C)c1. The summed E-state index contributed by atoms with van der Waals surface area (Å²) in [6.07, 6.45) is 0.499. The molecule has 13 heavy (non-hydrogen) atoms. The molecule has 0 saturated heterocycles. The lowest BCUT2D eigenvalue weighted by molar-refractivity contribution is -0.116. The minimum atomic E-state index is 0.182. The van der Waals surface area contributed by atoms with Crippen molar-refractivity contribution in [1.29, 1.82) is 0 Å². The molecule has 0 bridgehead atoms. The summed E-state index contributed by atoms with van der Waals surface area (Å²) in [5.74, 6) is 0.182. The second-order valence-corrected chi connectivity index (χ2v) is 3.80. The van der Waals surface area contributed by atoms with Gasteiger partial charge in [0.25, 0.3) is 0 Å². The number of rotatable bonds is 2. The lowest BCUT2D eigenvalue weighted by atomic mass is 10.0. The molecule has 0 aliphatic rings. The quantitative estimate of drug-likeness (QED) is 0.711. The fourth-order valence-electron chi connectivity index (χ4n) is 1.43. The normalized spacial score (nSPS) is 10.2. The van der Waals surface area contributed by atoms with E-state index in [1.54, 1.807) is 6.92 Å². The third kappa shape index (κ3) is 2.56. The zero-order valence-electron chi connectivity index (χ0n) is 8.15. The number of ketones is 1. The van der Waals surface area contributed by atoms with E-state index in [2.05, 4.69) is 0 Å². The molecule has 1 rings (SSSR count). The smallest absolute Gasteiger partial charge is 0.134 e. The largest absolute Gasteiger partial charge is 0.300 e. The molecule has 70 valence electrons. The lowest BCUT2D eigenvalue weighted by Gasteiger charge is -2.05. The maximum absolute atomic E-state index is 10.9. The van der Waals surface area contributed by atoms with Crippen LogP contribution in [-0.2, 0) is 11.2 Å². The number of halogens is 1. The minimum Gasteiger partial charge on any atom is -0.300 e. The van der Waals surface area contributed by atoms with Crippen LogP contribution in [0.1, 0.15) is 23.6 Å². The number of benzene rings is 1. The van der Waals surface area contributed by atoms with Crippen LogP contribution in [0.15, 0.2) is 12.1 Å². The highest BCUT2D eigenvalue weighted by Crippen LogP contribution is 2.21. The Hall–Kier alpha value is -0.820. The first-order valence-electron chi connectivity index (χ1n) is 4.25. The van der Waals surface area contributed by atoms with Gasteiger partial charge in [0.2, 0.25) is 0 Å². The number of carbonyl (C=O) groups excluding carboxylic acids is 1. The molecule has 0 aromatic heterocycles. The molecule has 0 aliphatic heterocycles. The van der Waals surface area contributed by atoms with Crippen LogP contribution < -0.4 is 0 Å². The number of hydrogen-bond donors (Lipinski definition) is 0. The monoisotopic (exact) mass is 196 g/mol. The van der Waals surface area contributed by atoms with E-state index in [9.17, 15) is 4.79 Å². The third-order valence-corrected chi connectivity index (χ3v) is 2.55. The Morgan fingerprint density at radius 2 is 1.77 bits per heavy atom. The fourth-order valence-corrected chi connectivity index (χ4v) is 1.53. The fraction of sp³-hybridized carbons (Fsp3) is 0.364. The van der Waals surface area contributed by atoms with E-state index < -0.39 is 0 Å². The Bertz CT molecular complexity index is 319. The topological polar surface area (TPSA) is 17.1 Å². The minimum absolute atomic E-state index is 0.182. The standard InChI is InChI=1S/C11H13ClO/c1-7-4-10(6-9(3)13)5-8(2)11(7)12/h4-5H,6H2,1-3H3. The van der Waals surface area contributed by atoms with Gasteiger partial charge in [-0.2, -0.15) is 0 Å². The molecule has 0 N–H and O–H groups in total. The van der Waals surface area contributed by atoms with Gasteiger partial charge in [-0.3, -0.25) is 4.79 Å². The third-order valence-electron chi connectivity index (χ3n) is 1.95. The number of hydrogen-bond acceptors (Lipinski definition) is 1. The van der Waals surface area contributed by atoms with Crippen LogP contribution in [0.5, 0.6) is 0 Å². The van der Waals surface area contributed by atoms with Crippen molar-refractivity contribution in [2.24, 2.45) is 0 Å². The molecule has 0 heterocycles. The van der Waals surface area contributed by atoms with Crippen LogP contribution in [0.3, 0.4) is 0 Å². The zero-order valence-corrected chi connectivity index (χ0v) is 8.90. The first-order valence-corrected chi connectivity index (χ1v) is 4.63. The maximum Gasteiger partial charge on any atom is 0.134 e. The molecule has 0 fully saturated rings. The van der Waals surface area contributed by atoms with Crippen molar-refractivity contribution in [3.63, 3.8) is 0 Å². The van der Waals surface area contributed by atoms with Crippen LogP contribution in [0.25, 0.3) is 0 Å². The molecule has 0 radical (unpaired) electrons. The van der Waals surface area contributed by atoms with Gasteiger partial charge < -0.3 is 0 Å². The molecule has 1 aromatic carbocycles. The molecular weight excluding hydrogens is 184 g/mol. The Morgan fingerprint density at radius 1 is 1.31 bits per heavy atom. The summed E-state index contributed by atoms with van der Waals surface area (Å²) in [6, 6.07) is 3.94. The summed E-state index contributed by atoms with van der Waals surface area (Å²) in [7, 11) is 0. The second kappa shape index (κ2) is 3.93. The van der Waals surface area contributed by atoms with Crippen LogP contribution in [-0.4, -0.2) is 5.78 Å². The van der Waals surface area contributed by atoms with Crippen molar-refractivity contribution in [3.05, 3.63) is 33.8 Å². The summed E-state index contributed by atoms with van der Waals surface area (Å²) in [4.78, 5) is 10.9. The van der Waals surface area contributed by atoms with Crippen molar-refractivity contribution in [3.8, 4) is 0 Å². The van der Waals surface area contributed by atoms with Gasteiger partial charge in [0.1, 0.15) is 5.78 Å². The molecule has 0 atom stereocenters. The number of aryl methyl sites for hydroxylation is 2. The highest BCUT2D eigenvalue weighted by Gasteiger charge is 2.03. The van der Waals surface area contributed by atoms with E-state index in [1.165, 1.54) is 0 Å². The Balaban J connectivity index is 3.06.